The number of thiophene rings is 1. The third-order valence-corrected chi connectivity index (χ3v) is 4.83. The summed E-state index contributed by atoms with van der Waals surface area (Å²) in [7, 11) is 0. The number of fused-ring (bicyclic) bond motifs is 1. The fourth-order valence-electron chi connectivity index (χ4n) is 2.79. The zero-order chi connectivity index (χ0) is 17.1. The molecule has 0 spiro atoms. The van der Waals surface area contributed by atoms with Crippen LogP contribution in [0.5, 0.6) is 0 Å². The molecule has 3 heterocycles. The van der Waals surface area contributed by atoms with E-state index in [2.05, 4.69) is 10.3 Å². The molecule has 8 nitrogen and oxygen atoms in total. The quantitative estimate of drug-likeness (QED) is 0.809. The summed E-state index contributed by atoms with van der Waals surface area (Å²) in [4.78, 5) is 40.6. The lowest BCUT2D eigenvalue weighted by atomic mass is 9.93. The number of amides is 1. The lowest BCUT2D eigenvalue weighted by Gasteiger charge is -2.28. The Morgan fingerprint density at radius 2 is 2.38 bits per heavy atom. The number of hydrogen-bond acceptors (Lipinski definition) is 6. The van der Waals surface area contributed by atoms with Gasteiger partial charge in [0.1, 0.15) is 17.4 Å². The van der Waals surface area contributed by atoms with E-state index in [1.54, 1.807) is 11.4 Å². The van der Waals surface area contributed by atoms with E-state index in [9.17, 15) is 19.5 Å². The van der Waals surface area contributed by atoms with Gasteiger partial charge in [-0.3, -0.25) is 14.2 Å². The van der Waals surface area contributed by atoms with Gasteiger partial charge in [0.2, 0.25) is 5.91 Å². The van der Waals surface area contributed by atoms with Crippen LogP contribution in [0.2, 0.25) is 0 Å². The van der Waals surface area contributed by atoms with Crippen LogP contribution in [0.1, 0.15) is 12.8 Å². The summed E-state index contributed by atoms with van der Waals surface area (Å²) in [5, 5.41) is 14.1. The van der Waals surface area contributed by atoms with Gasteiger partial charge in [-0.15, -0.1) is 11.3 Å². The first-order valence-electron chi connectivity index (χ1n) is 7.59. The standard InChI is InChI=1S/C15H17N3O5S/c19-11(17-12(15(21)22)9-2-1-4-23-7-9)6-18-8-16-13-10(14(18)20)3-5-24-13/h3,5,8-9,12H,1-2,4,6-7H2,(H,17,19)(H,21,22). The van der Waals surface area contributed by atoms with Crippen molar-refractivity contribution in [1.82, 2.24) is 14.9 Å². The van der Waals surface area contributed by atoms with E-state index in [1.165, 1.54) is 22.2 Å². The van der Waals surface area contributed by atoms with Crippen molar-refractivity contribution in [3.63, 3.8) is 0 Å². The maximum Gasteiger partial charge on any atom is 0.326 e. The molecule has 1 aliphatic rings. The Morgan fingerprint density at radius 1 is 1.54 bits per heavy atom. The minimum absolute atomic E-state index is 0.269. The highest BCUT2D eigenvalue weighted by atomic mass is 32.1. The lowest BCUT2D eigenvalue weighted by Crippen LogP contribution is -2.49. The van der Waals surface area contributed by atoms with Gasteiger partial charge in [-0.05, 0) is 24.3 Å². The Bertz CT molecular complexity index is 809. The summed E-state index contributed by atoms with van der Waals surface area (Å²) in [6.45, 7) is 0.646. The topological polar surface area (TPSA) is 111 Å². The van der Waals surface area contributed by atoms with Gasteiger partial charge in [0.05, 0.1) is 18.3 Å². The van der Waals surface area contributed by atoms with Crippen LogP contribution < -0.4 is 10.9 Å². The summed E-state index contributed by atoms with van der Waals surface area (Å²) >= 11 is 1.35. The first kappa shape index (κ1) is 16.6. The Balaban J connectivity index is 1.71. The number of nitrogens with one attached hydrogen (secondary N) is 1. The molecular weight excluding hydrogens is 334 g/mol. The second-order valence-corrected chi connectivity index (χ2v) is 6.57. The maximum absolute atomic E-state index is 12.3. The number of aromatic nitrogens is 2. The van der Waals surface area contributed by atoms with Gasteiger partial charge in [0.25, 0.3) is 5.56 Å². The predicted molar refractivity (Wildman–Crippen MR) is 87.0 cm³/mol. The second-order valence-electron chi connectivity index (χ2n) is 5.68. The van der Waals surface area contributed by atoms with Crippen molar-refractivity contribution >= 4 is 33.4 Å². The third kappa shape index (κ3) is 3.46. The Hall–Kier alpha value is -2.26. The van der Waals surface area contributed by atoms with E-state index in [0.717, 1.165) is 6.42 Å². The molecule has 128 valence electrons. The number of aliphatic carboxylic acids is 1. The number of carboxylic acids is 1. The van der Waals surface area contributed by atoms with Gasteiger partial charge in [-0.2, -0.15) is 0 Å². The monoisotopic (exact) mass is 351 g/mol. The Morgan fingerprint density at radius 3 is 3.08 bits per heavy atom. The van der Waals surface area contributed by atoms with Crippen LogP contribution in [0.25, 0.3) is 10.2 Å². The fourth-order valence-corrected chi connectivity index (χ4v) is 3.51. The largest absolute Gasteiger partial charge is 0.480 e. The number of rotatable bonds is 5. The molecule has 2 N–H and O–H groups in total. The van der Waals surface area contributed by atoms with Crippen molar-refractivity contribution in [2.45, 2.75) is 25.4 Å². The van der Waals surface area contributed by atoms with Crippen LogP contribution in [-0.2, 0) is 20.9 Å². The summed E-state index contributed by atoms with van der Waals surface area (Å²) in [5.41, 5.74) is -0.315. The van der Waals surface area contributed by atoms with Crippen molar-refractivity contribution in [3.05, 3.63) is 28.1 Å². The number of hydrogen-bond donors (Lipinski definition) is 2. The van der Waals surface area contributed by atoms with E-state index < -0.39 is 17.9 Å². The molecule has 24 heavy (non-hydrogen) atoms. The minimum Gasteiger partial charge on any atom is -0.480 e. The molecule has 1 fully saturated rings. The average molecular weight is 351 g/mol. The van der Waals surface area contributed by atoms with Gasteiger partial charge in [-0.1, -0.05) is 0 Å². The highest BCUT2D eigenvalue weighted by Gasteiger charge is 2.31. The molecule has 2 unspecified atom stereocenters. The van der Waals surface area contributed by atoms with Crippen LogP contribution in [0.15, 0.2) is 22.6 Å². The Labute approximate surface area is 141 Å². The molecule has 2 aromatic heterocycles. The molecule has 1 amide bonds. The van der Waals surface area contributed by atoms with Gasteiger partial charge >= 0.3 is 5.97 Å². The van der Waals surface area contributed by atoms with Crippen LogP contribution in [0.4, 0.5) is 0 Å². The normalized spacial score (nSPS) is 19.1. The summed E-state index contributed by atoms with van der Waals surface area (Å²) in [5.74, 6) is -1.90. The second kappa shape index (κ2) is 7.10. The fraction of sp³-hybridized carbons (Fsp3) is 0.467. The van der Waals surface area contributed by atoms with Crippen molar-refractivity contribution in [2.75, 3.05) is 13.2 Å². The van der Waals surface area contributed by atoms with Gasteiger partial charge in [0, 0.05) is 12.5 Å². The number of ether oxygens (including phenoxy) is 1. The number of carbonyl (C=O) groups is 2. The zero-order valence-corrected chi connectivity index (χ0v) is 13.6. The third-order valence-electron chi connectivity index (χ3n) is 4.01. The Kier molecular flexibility index (Phi) is 4.91. The molecule has 9 heteroatoms. The average Bonchev–Trinajstić information content (AvgIpc) is 3.05. The van der Waals surface area contributed by atoms with Crippen molar-refractivity contribution in [2.24, 2.45) is 5.92 Å². The van der Waals surface area contributed by atoms with E-state index in [1.807, 2.05) is 0 Å². The van der Waals surface area contributed by atoms with Gasteiger partial charge in [0.15, 0.2) is 0 Å². The number of carbonyl (C=O) groups excluding carboxylic acids is 1. The minimum atomic E-state index is -1.10. The van der Waals surface area contributed by atoms with E-state index in [4.69, 9.17) is 4.74 Å². The van der Waals surface area contributed by atoms with Gasteiger partial charge < -0.3 is 15.2 Å². The molecule has 2 atom stereocenters. The van der Waals surface area contributed by atoms with Crippen LogP contribution in [-0.4, -0.2) is 45.8 Å². The SMILES string of the molecule is O=C(Cn1cnc2sccc2c1=O)NC(C(=O)O)C1CCCOC1. The van der Waals surface area contributed by atoms with Crippen LogP contribution in [0.3, 0.4) is 0 Å². The van der Waals surface area contributed by atoms with Gasteiger partial charge in [-0.25, -0.2) is 9.78 Å². The van der Waals surface area contributed by atoms with Crippen molar-refractivity contribution in [1.29, 1.82) is 0 Å². The van der Waals surface area contributed by atoms with Crippen molar-refractivity contribution in [3.8, 4) is 0 Å². The summed E-state index contributed by atoms with van der Waals surface area (Å²) in [6, 6.07) is 0.634. The van der Waals surface area contributed by atoms with Crippen LogP contribution in [0, 0.1) is 5.92 Å². The molecule has 0 bridgehead atoms. The number of nitrogens with zero attached hydrogens (tertiary/aromatic N) is 2. The molecular formula is C15H17N3O5S. The molecule has 0 radical (unpaired) electrons. The molecule has 0 aromatic carbocycles. The molecule has 1 aliphatic heterocycles. The first-order chi connectivity index (χ1) is 11.6. The molecule has 0 aliphatic carbocycles. The highest BCUT2D eigenvalue weighted by molar-refractivity contribution is 7.16. The highest BCUT2D eigenvalue weighted by Crippen LogP contribution is 2.18. The van der Waals surface area contributed by atoms with Crippen LogP contribution >= 0.6 is 11.3 Å². The van der Waals surface area contributed by atoms with E-state index >= 15 is 0 Å². The summed E-state index contributed by atoms with van der Waals surface area (Å²) < 4.78 is 6.47. The molecule has 3 rings (SSSR count). The first-order valence-corrected chi connectivity index (χ1v) is 8.47. The summed E-state index contributed by atoms with van der Waals surface area (Å²) in [6.07, 6.45) is 2.75. The molecule has 2 aromatic rings. The molecule has 0 saturated carbocycles. The van der Waals surface area contributed by atoms with Crippen molar-refractivity contribution < 1.29 is 19.4 Å². The predicted octanol–water partition coefficient (Wildman–Crippen LogP) is 0.454. The zero-order valence-electron chi connectivity index (χ0n) is 12.8. The van der Waals surface area contributed by atoms with E-state index in [-0.39, 0.29) is 18.0 Å². The number of carboxylic acid groups (broad SMARTS) is 1. The van der Waals surface area contributed by atoms with E-state index in [0.29, 0.717) is 29.9 Å². The molecule has 1 saturated heterocycles. The smallest absolute Gasteiger partial charge is 0.326 e. The maximum atomic E-state index is 12.3. The lowest BCUT2D eigenvalue weighted by molar-refractivity contribution is -0.145.